The highest BCUT2D eigenvalue weighted by molar-refractivity contribution is 7.81. The molecule has 0 fully saturated rings. The Morgan fingerprint density at radius 2 is 0.606 bits per heavy atom. The normalized spacial score (nSPS) is 13.3. The van der Waals surface area contributed by atoms with Gasteiger partial charge in [-0.25, -0.2) is 16.8 Å². The molecule has 0 aliphatic carbocycles. The Bertz CT molecular complexity index is 1210. The minimum absolute atomic E-state index is 0. The molecule has 0 radical (unpaired) electrons. The van der Waals surface area contributed by atoms with E-state index in [2.05, 4.69) is 32.8 Å². The van der Waals surface area contributed by atoms with E-state index in [0.29, 0.717) is 64.5 Å². The third kappa shape index (κ3) is 53.6. The second-order valence-electron chi connectivity index (χ2n) is 18.9. The van der Waals surface area contributed by atoms with Crippen LogP contribution in [0.3, 0.4) is 0 Å². The van der Waals surface area contributed by atoms with Gasteiger partial charge in [0.1, 0.15) is 0 Å². The van der Waals surface area contributed by atoms with Crippen molar-refractivity contribution in [3.8, 4) is 0 Å². The van der Waals surface area contributed by atoms with Crippen LogP contribution in [0.5, 0.6) is 0 Å². The number of hydrogen-bond acceptors (Lipinski definition) is 10. The van der Waals surface area contributed by atoms with Crippen molar-refractivity contribution in [1.82, 2.24) is 22.9 Å². The van der Waals surface area contributed by atoms with Crippen molar-refractivity contribution in [3.63, 3.8) is 0 Å². The fraction of sp³-hybridized carbons (Fsp3) is 0.960. The number of hydrogen-bond donors (Lipinski definition) is 4. The summed E-state index contributed by atoms with van der Waals surface area (Å²) in [4.78, 5) is 23.8. The van der Waals surface area contributed by atoms with Gasteiger partial charge in [0, 0.05) is 25.9 Å². The maximum atomic E-state index is 11.9. The fourth-order valence-corrected chi connectivity index (χ4v) is 9.31. The lowest BCUT2D eigenvalue weighted by molar-refractivity contribution is -0.122. The van der Waals surface area contributed by atoms with E-state index in [0.717, 1.165) is 25.7 Å². The zero-order chi connectivity index (χ0) is 48.3. The van der Waals surface area contributed by atoms with E-state index in [4.69, 9.17) is 0 Å². The molecule has 0 aliphatic rings. The zero-order valence-electron chi connectivity index (χ0n) is 44.2. The number of carbonyl (C=O) groups is 2. The molecule has 2 unspecified atom stereocenters. The van der Waals surface area contributed by atoms with Crippen molar-refractivity contribution in [2.24, 2.45) is 0 Å². The van der Waals surface area contributed by atoms with E-state index in [9.17, 15) is 35.5 Å². The first kappa shape index (κ1) is 71.2. The Labute approximate surface area is 407 Å². The standard InChI is InChI=1S/2C25H51NO5S.2H3N/c2*1-4-6-7-8-9-10-11-12-13-14-15-16-17-18-19-21-24(27)26-23-20-22-25(3,5-2)31-32(28,29)30;;/h2*4-23H2,1-3H3,(H,26,27)(H,28,29,30);2*1H3. The quantitative estimate of drug-likeness (QED) is 0.0254. The van der Waals surface area contributed by atoms with E-state index in [-0.39, 0.29) is 24.1 Å². The Balaban J connectivity index is -0.000000565. The summed E-state index contributed by atoms with van der Waals surface area (Å²) in [5, 5.41) is 5.74. The van der Waals surface area contributed by atoms with Gasteiger partial charge in [0.15, 0.2) is 0 Å². The highest BCUT2D eigenvalue weighted by Gasteiger charge is 2.26. The van der Waals surface area contributed by atoms with Gasteiger partial charge in [-0.3, -0.25) is 18.0 Å². The van der Waals surface area contributed by atoms with Crippen molar-refractivity contribution < 1.29 is 43.9 Å². The molecule has 0 aromatic carbocycles. The molecule has 2 atom stereocenters. The predicted octanol–water partition coefficient (Wildman–Crippen LogP) is 14.3. The van der Waals surface area contributed by atoms with Gasteiger partial charge in [-0.1, -0.05) is 207 Å². The molecule has 14 nitrogen and oxygen atoms in total. The van der Waals surface area contributed by atoms with Crippen molar-refractivity contribution in [1.29, 1.82) is 0 Å². The molecular formula is C50H108N4O10S2. The molecule has 66 heavy (non-hydrogen) atoms. The van der Waals surface area contributed by atoms with E-state index in [1.807, 2.05) is 0 Å². The summed E-state index contributed by atoms with van der Waals surface area (Å²) in [6.07, 6.45) is 43.0. The lowest BCUT2D eigenvalue weighted by atomic mass is 9.97. The molecule has 0 saturated heterocycles. The molecule has 0 aromatic heterocycles. The molecule has 0 rings (SSSR count). The number of rotatable bonds is 46. The Morgan fingerprint density at radius 1 is 0.394 bits per heavy atom. The van der Waals surface area contributed by atoms with Crippen molar-refractivity contribution in [2.75, 3.05) is 13.1 Å². The van der Waals surface area contributed by atoms with Crippen molar-refractivity contribution in [3.05, 3.63) is 0 Å². The van der Waals surface area contributed by atoms with Crippen LogP contribution in [-0.4, -0.2) is 62.0 Å². The van der Waals surface area contributed by atoms with Crippen LogP contribution < -0.4 is 22.9 Å². The molecule has 400 valence electrons. The maximum absolute atomic E-state index is 11.9. The molecule has 0 aromatic rings. The van der Waals surface area contributed by atoms with Gasteiger partial charge in [0.05, 0.1) is 11.2 Å². The van der Waals surface area contributed by atoms with Crippen LogP contribution in [0.1, 0.15) is 286 Å². The highest BCUT2D eigenvalue weighted by Crippen LogP contribution is 2.25. The van der Waals surface area contributed by atoms with Crippen molar-refractivity contribution >= 4 is 32.6 Å². The molecule has 0 heterocycles. The molecule has 2 amide bonds. The van der Waals surface area contributed by atoms with E-state index >= 15 is 0 Å². The van der Waals surface area contributed by atoms with Gasteiger partial charge >= 0.3 is 0 Å². The first-order valence-electron chi connectivity index (χ1n) is 26.3. The fourth-order valence-electron chi connectivity index (χ4n) is 7.92. The average Bonchev–Trinajstić information content (AvgIpc) is 3.23. The summed E-state index contributed by atoms with van der Waals surface area (Å²) < 4.78 is 74.2. The summed E-state index contributed by atoms with van der Waals surface area (Å²) >= 11 is 0. The third-order valence-corrected chi connectivity index (χ3v) is 13.7. The maximum Gasteiger partial charge on any atom is 0.219 e. The van der Waals surface area contributed by atoms with Crippen LogP contribution in [0, 0.1) is 0 Å². The first-order chi connectivity index (χ1) is 30.4. The van der Waals surface area contributed by atoms with Gasteiger partial charge in [0.2, 0.25) is 32.6 Å². The summed E-state index contributed by atoms with van der Waals surface area (Å²) in [5.74, 6) is 0.0746. The van der Waals surface area contributed by atoms with Gasteiger partial charge < -0.3 is 32.0 Å². The molecule has 0 aliphatic heterocycles. The Morgan fingerprint density at radius 3 is 0.803 bits per heavy atom. The van der Waals surface area contributed by atoms with Gasteiger partial charge in [0.25, 0.3) is 0 Å². The molecule has 16 heteroatoms. The number of unbranched alkanes of at least 4 members (excludes halogenated alkanes) is 28. The zero-order valence-corrected chi connectivity index (χ0v) is 45.8. The van der Waals surface area contributed by atoms with Gasteiger partial charge in [-0.2, -0.15) is 0 Å². The van der Waals surface area contributed by atoms with Crippen LogP contribution >= 0.6 is 0 Å². The Hall–Kier alpha value is -1.40. The summed E-state index contributed by atoms with van der Waals surface area (Å²) in [7, 11) is -9.44. The number of quaternary nitrogens is 2. The van der Waals surface area contributed by atoms with Crippen LogP contribution in [0.15, 0.2) is 0 Å². The molecule has 0 saturated carbocycles. The first-order valence-corrected chi connectivity index (χ1v) is 29.0. The number of carbonyl (C=O) groups excluding carboxylic acids is 2. The number of amides is 2. The van der Waals surface area contributed by atoms with Gasteiger partial charge in [-0.05, 0) is 65.2 Å². The van der Waals surface area contributed by atoms with Crippen LogP contribution in [-0.2, 0) is 38.8 Å². The Kier molecular flexibility index (Phi) is 51.0. The van der Waals surface area contributed by atoms with E-state index < -0.39 is 32.0 Å². The lowest BCUT2D eigenvalue weighted by Gasteiger charge is -2.29. The summed E-state index contributed by atoms with van der Waals surface area (Å²) in [5.41, 5.74) is -2.00. The van der Waals surface area contributed by atoms with Gasteiger partial charge in [-0.15, -0.1) is 0 Å². The third-order valence-electron chi connectivity index (χ3n) is 12.5. The van der Waals surface area contributed by atoms with Crippen LogP contribution in [0.25, 0.3) is 0 Å². The van der Waals surface area contributed by atoms with E-state index in [1.165, 1.54) is 167 Å². The topological polar surface area (TPSA) is 264 Å². The minimum Gasteiger partial charge on any atom is -0.726 e. The molecular weight excluding hydrogens is 881 g/mol. The second kappa shape index (κ2) is 47.3. The van der Waals surface area contributed by atoms with Crippen LogP contribution in [0.2, 0.25) is 0 Å². The van der Waals surface area contributed by atoms with Crippen molar-refractivity contribution in [2.45, 2.75) is 297 Å². The van der Waals surface area contributed by atoms with E-state index in [1.54, 1.807) is 27.7 Å². The molecule has 0 bridgehead atoms. The number of nitrogens with one attached hydrogen (secondary N) is 2. The minimum atomic E-state index is -4.72. The average molecular weight is 990 g/mol. The largest absolute Gasteiger partial charge is 0.726 e. The lowest BCUT2D eigenvalue weighted by Crippen LogP contribution is -2.33. The smallest absolute Gasteiger partial charge is 0.219 e. The summed E-state index contributed by atoms with van der Waals surface area (Å²) in [6.45, 7) is 12.2. The summed E-state index contributed by atoms with van der Waals surface area (Å²) in [6, 6.07) is 0. The molecule has 0 spiro atoms. The monoisotopic (exact) mass is 989 g/mol. The SMILES string of the molecule is CCCCCCCCCCCCCCCCCC(=O)NCCCC(C)(CC)OS(=O)(=O)[O-].CCCCCCCCCCCCCCCCCC(=O)NCCCC(C)(CC)OS(=O)(=O)[O-].[NH4+].[NH4+]. The highest BCUT2D eigenvalue weighted by atomic mass is 32.3. The molecule has 10 N–H and O–H groups in total. The second-order valence-corrected chi connectivity index (χ2v) is 20.9. The predicted molar refractivity (Wildman–Crippen MR) is 275 cm³/mol. The van der Waals surface area contributed by atoms with Crippen LogP contribution in [0.4, 0.5) is 0 Å².